The van der Waals surface area contributed by atoms with Crippen LogP contribution in [0.2, 0.25) is 0 Å². The van der Waals surface area contributed by atoms with E-state index in [1.807, 2.05) is 37.3 Å². The molecule has 0 aliphatic rings. The van der Waals surface area contributed by atoms with E-state index in [1.165, 1.54) is 24.3 Å². The van der Waals surface area contributed by atoms with E-state index in [0.29, 0.717) is 24.1 Å². The third kappa shape index (κ3) is 6.37. The molecule has 3 aromatic carbocycles. The Labute approximate surface area is 185 Å². The van der Waals surface area contributed by atoms with Crippen molar-refractivity contribution in [1.29, 1.82) is 0 Å². The van der Waals surface area contributed by atoms with Crippen LogP contribution in [0.5, 0.6) is 0 Å². The summed E-state index contributed by atoms with van der Waals surface area (Å²) in [6, 6.07) is 22.5. The minimum absolute atomic E-state index is 0.00383. The van der Waals surface area contributed by atoms with Crippen molar-refractivity contribution < 1.29 is 14.5 Å². The molecule has 7 heteroatoms. The average Bonchev–Trinajstić information content (AvgIpc) is 2.80. The predicted octanol–water partition coefficient (Wildman–Crippen LogP) is 4.03. The molecule has 0 atom stereocenters. The number of nitro benzene ring substituents is 1. The summed E-state index contributed by atoms with van der Waals surface area (Å²) >= 11 is 0. The van der Waals surface area contributed by atoms with Gasteiger partial charge in [-0.25, -0.2) is 0 Å². The van der Waals surface area contributed by atoms with Gasteiger partial charge in [0.2, 0.25) is 0 Å². The van der Waals surface area contributed by atoms with Gasteiger partial charge in [0.25, 0.3) is 17.5 Å². The van der Waals surface area contributed by atoms with Crippen molar-refractivity contribution in [3.8, 4) is 0 Å². The SMILES string of the molecule is Cc1ccc(C(=O)NC(=Cc2cccc([N+](=O)[O-])c2)C(=O)NCCc2ccccc2)cc1. The minimum Gasteiger partial charge on any atom is -0.350 e. The second kappa shape index (κ2) is 10.7. The Hall–Kier alpha value is -4.26. The van der Waals surface area contributed by atoms with Crippen LogP contribution in [0.4, 0.5) is 5.69 Å². The number of nitro groups is 1. The lowest BCUT2D eigenvalue weighted by atomic mass is 10.1. The first-order chi connectivity index (χ1) is 15.4. The van der Waals surface area contributed by atoms with Crippen LogP contribution in [0.3, 0.4) is 0 Å². The summed E-state index contributed by atoms with van der Waals surface area (Å²) in [4.78, 5) is 36.1. The smallest absolute Gasteiger partial charge is 0.270 e. The van der Waals surface area contributed by atoms with E-state index in [4.69, 9.17) is 0 Å². The third-order valence-corrected chi connectivity index (χ3v) is 4.74. The number of non-ortho nitro benzene ring substituents is 1. The van der Waals surface area contributed by atoms with Gasteiger partial charge in [-0.2, -0.15) is 0 Å². The number of hydrogen-bond donors (Lipinski definition) is 2. The zero-order valence-electron chi connectivity index (χ0n) is 17.6. The highest BCUT2D eigenvalue weighted by molar-refractivity contribution is 6.05. The van der Waals surface area contributed by atoms with Crippen LogP contribution in [0.1, 0.15) is 27.0 Å². The van der Waals surface area contributed by atoms with Gasteiger partial charge < -0.3 is 10.6 Å². The zero-order chi connectivity index (χ0) is 22.9. The Morgan fingerprint density at radius 3 is 2.38 bits per heavy atom. The fourth-order valence-electron chi connectivity index (χ4n) is 3.01. The van der Waals surface area contributed by atoms with Gasteiger partial charge in [0.1, 0.15) is 5.70 Å². The molecule has 0 bridgehead atoms. The monoisotopic (exact) mass is 429 g/mol. The molecule has 0 saturated heterocycles. The molecule has 162 valence electrons. The van der Waals surface area contributed by atoms with Crippen molar-refractivity contribution in [3.63, 3.8) is 0 Å². The van der Waals surface area contributed by atoms with Crippen molar-refractivity contribution in [2.75, 3.05) is 6.54 Å². The molecule has 0 unspecified atom stereocenters. The van der Waals surface area contributed by atoms with Gasteiger partial charge in [0.05, 0.1) is 4.92 Å². The van der Waals surface area contributed by atoms with Crippen molar-refractivity contribution in [3.05, 3.63) is 117 Å². The van der Waals surface area contributed by atoms with E-state index in [0.717, 1.165) is 11.1 Å². The lowest BCUT2D eigenvalue weighted by Gasteiger charge is -2.12. The highest BCUT2D eigenvalue weighted by Gasteiger charge is 2.15. The van der Waals surface area contributed by atoms with Crippen LogP contribution < -0.4 is 10.6 Å². The van der Waals surface area contributed by atoms with Gasteiger partial charge in [0, 0.05) is 24.2 Å². The Morgan fingerprint density at radius 2 is 1.69 bits per heavy atom. The Bertz CT molecular complexity index is 1140. The second-order valence-corrected chi connectivity index (χ2v) is 7.22. The van der Waals surface area contributed by atoms with Gasteiger partial charge in [-0.05, 0) is 42.7 Å². The Morgan fingerprint density at radius 1 is 0.969 bits per heavy atom. The molecule has 0 aliphatic heterocycles. The van der Waals surface area contributed by atoms with E-state index in [-0.39, 0.29) is 11.4 Å². The molecule has 2 N–H and O–H groups in total. The van der Waals surface area contributed by atoms with Crippen LogP contribution in [0, 0.1) is 17.0 Å². The maximum absolute atomic E-state index is 12.8. The van der Waals surface area contributed by atoms with Crippen LogP contribution in [0.15, 0.2) is 84.6 Å². The summed E-state index contributed by atoms with van der Waals surface area (Å²) in [6.07, 6.45) is 2.06. The highest BCUT2D eigenvalue weighted by Crippen LogP contribution is 2.16. The summed E-state index contributed by atoms with van der Waals surface area (Å²) in [7, 11) is 0. The lowest BCUT2D eigenvalue weighted by molar-refractivity contribution is -0.384. The first-order valence-corrected chi connectivity index (χ1v) is 10.1. The number of nitrogens with zero attached hydrogens (tertiary/aromatic N) is 1. The standard InChI is InChI=1S/C25H23N3O4/c1-18-10-12-21(13-11-18)24(29)27-23(17-20-8-5-9-22(16-20)28(31)32)25(30)26-15-14-19-6-3-2-4-7-19/h2-13,16-17H,14-15H2,1H3,(H,26,30)(H,27,29). The van der Waals surface area contributed by atoms with Crippen LogP contribution in [-0.2, 0) is 11.2 Å². The largest absolute Gasteiger partial charge is 0.350 e. The van der Waals surface area contributed by atoms with Crippen LogP contribution in [-0.4, -0.2) is 23.3 Å². The summed E-state index contributed by atoms with van der Waals surface area (Å²) in [6.45, 7) is 2.28. The minimum atomic E-state index is -0.512. The molecule has 32 heavy (non-hydrogen) atoms. The molecule has 2 amide bonds. The Kier molecular flexibility index (Phi) is 7.48. The van der Waals surface area contributed by atoms with E-state index in [1.54, 1.807) is 30.3 Å². The fraction of sp³-hybridized carbons (Fsp3) is 0.120. The summed E-state index contributed by atoms with van der Waals surface area (Å²) in [5, 5.41) is 16.5. The molecule has 3 aromatic rings. The molecular weight excluding hydrogens is 406 g/mol. The Balaban J connectivity index is 1.80. The average molecular weight is 429 g/mol. The molecular formula is C25H23N3O4. The number of carbonyl (C=O) groups is 2. The quantitative estimate of drug-likeness (QED) is 0.321. The predicted molar refractivity (Wildman–Crippen MR) is 123 cm³/mol. The van der Waals surface area contributed by atoms with Gasteiger partial charge in [-0.15, -0.1) is 0 Å². The van der Waals surface area contributed by atoms with Crippen molar-refractivity contribution >= 4 is 23.6 Å². The lowest BCUT2D eigenvalue weighted by Crippen LogP contribution is -2.35. The maximum atomic E-state index is 12.8. The van der Waals surface area contributed by atoms with E-state index >= 15 is 0 Å². The van der Waals surface area contributed by atoms with Crippen molar-refractivity contribution in [2.24, 2.45) is 0 Å². The number of hydrogen-bond acceptors (Lipinski definition) is 4. The topological polar surface area (TPSA) is 101 Å². The highest BCUT2D eigenvalue weighted by atomic mass is 16.6. The van der Waals surface area contributed by atoms with Crippen LogP contribution in [0.25, 0.3) is 6.08 Å². The third-order valence-electron chi connectivity index (χ3n) is 4.74. The van der Waals surface area contributed by atoms with E-state index in [2.05, 4.69) is 10.6 Å². The molecule has 0 heterocycles. The van der Waals surface area contributed by atoms with Crippen molar-refractivity contribution in [1.82, 2.24) is 10.6 Å². The molecule has 7 nitrogen and oxygen atoms in total. The van der Waals surface area contributed by atoms with Gasteiger partial charge in [-0.1, -0.05) is 60.2 Å². The molecule has 3 rings (SSSR count). The van der Waals surface area contributed by atoms with Gasteiger partial charge >= 0.3 is 0 Å². The summed E-state index contributed by atoms with van der Waals surface area (Å²) in [5.74, 6) is -0.923. The summed E-state index contributed by atoms with van der Waals surface area (Å²) in [5.41, 5.74) is 2.80. The number of benzene rings is 3. The molecule has 0 aromatic heterocycles. The maximum Gasteiger partial charge on any atom is 0.270 e. The first-order valence-electron chi connectivity index (χ1n) is 10.1. The van der Waals surface area contributed by atoms with Crippen molar-refractivity contribution in [2.45, 2.75) is 13.3 Å². The normalized spacial score (nSPS) is 11.0. The number of rotatable bonds is 8. The molecule has 0 radical (unpaired) electrons. The first kappa shape index (κ1) is 22.4. The number of amides is 2. The van der Waals surface area contributed by atoms with Gasteiger partial charge in [-0.3, -0.25) is 19.7 Å². The number of aryl methyl sites for hydroxylation is 1. The summed E-state index contributed by atoms with van der Waals surface area (Å²) < 4.78 is 0. The molecule has 0 aliphatic carbocycles. The fourth-order valence-corrected chi connectivity index (χ4v) is 3.01. The van der Waals surface area contributed by atoms with E-state index in [9.17, 15) is 19.7 Å². The molecule has 0 fully saturated rings. The number of nitrogens with one attached hydrogen (secondary N) is 2. The van der Waals surface area contributed by atoms with Crippen LogP contribution >= 0.6 is 0 Å². The second-order valence-electron chi connectivity index (χ2n) is 7.22. The number of carbonyl (C=O) groups excluding carboxylic acids is 2. The molecule has 0 saturated carbocycles. The zero-order valence-corrected chi connectivity index (χ0v) is 17.6. The van der Waals surface area contributed by atoms with E-state index < -0.39 is 16.7 Å². The van der Waals surface area contributed by atoms with Gasteiger partial charge in [0.15, 0.2) is 0 Å². The molecule has 0 spiro atoms.